The number of aryl methyl sites for hydroxylation is 2. The number of nitrogens with one attached hydrogen (secondary N) is 1. The lowest BCUT2D eigenvalue weighted by Gasteiger charge is -1.97. The summed E-state index contributed by atoms with van der Waals surface area (Å²) in [4.78, 5) is 4.11. The van der Waals surface area contributed by atoms with E-state index in [4.69, 9.17) is 0 Å². The smallest absolute Gasteiger partial charge is 0.146 e. The Labute approximate surface area is 100 Å². The van der Waals surface area contributed by atoms with Crippen LogP contribution in [0, 0.1) is 13.8 Å². The van der Waals surface area contributed by atoms with Crippen molar-refractivity contribution in [1.82, 2.24) is 14.8 Å². The third-order valence-corrected chi connectivity index (χ3v) is 2.60. The van der Waals surface area contributed by atoms with E-state index >= 15 is 0 Å². The summed E-state index contributed by atoms with van der Waals surface area (Å²) < 4.78 is 1.84. The van der Waals surface area contributed by atoms with Crippen molar-refractivity contribution in [2.45, 2.75) is 13.8 Å². The van der Waals surface area contributed by atoms with Crippen molar-refractivity contribution in [3.8, 4) is 0 Å². The van der Waals surface area contributed by atoms with Gasteiger partial charge in [0, 0.05) is 24.5 Å². The van der Waals surface area contributed by atoms with Crippen LogP contribution in [0.1, 0.15) is 17.0 Å². The first-order chi connectivity index (χ1) is 8.18. The molecule has 17 heavy (non-hydrogen) atoms. The maximum Gasteiger partial charge on any atom is 0.146 e. The normalized spacial score (nSPS) is 11.0. The van der Waals surface area contributed by atoms with Gasteiger partial charge in [0.05, 0.1) is 11.9 Å². The first-order valence-corrected chi connectivity index (χ1v) is 5.39. The molecule has 0 bridgehead atoms. The molecule has 0 aliphatic heterocycles. The number of rotatable bonds is 3. The van der Waals surface area contributed by atoms with Crippen LogP contribution in [0.4, 0.5) is 5.82 Å². The highest BCUT2D eigenvalue weighted by Gasteiger charge is 2.05. The monoisotopic (exact) mass is 229 g/mol. The highest BCUT2D eigenvalue weighted by Crippen LogP contribution is 2.09. The Morgan fingerprint density at radius 1 is 1.35 bits per heavy atom. The van der Waals surface area contributed by atoms with Gasteiger partial charge in [0.1, 0.15) is 5.82 Å². The van der Waals surface area contributed by atoms with Gasteiger partial charge in [-0.15, -0.1) is 0 Å². The summed E-state index contributed by atoms with van der Waals surface area (Å²) in [6.07, 6.45) is 3.49. The number of nitrogens with zero attached hydrogens (tertiary/aromatic N) is 4. The molecule has 0 saturated carbocycles. The molecule has 2 aromatic heterocycles. The molecule has 0 amide bonds. The van der Waals surface area contributed by atoms with Crippen LogP contribution in [-0.4, -0.2) is 21.0 Å². The molecule has 1 N–H and O–H groups in total. The van der Waals surface area contributed by atoms with Gasteiger partial charge in [0.2, 0.25) is 0 Å². The van der Waals surface area contributed by atoms with Crippen molar-refractivity contribution in [2.24, 2.45) is 12.1 Å². The molecule has 0 aliphatic carbocycles. The zero-order chi connectivity index (χ0) is 12.3. The van der Waals surface area contributed by atoms with Gasteiger partial charge in [-0.3, -0.25) is 10.1 Å². The molecule has 0 aromatic carbocycles. The number of hydrogen-bond acceptors (Lipinski definition) is 4. The lowest BCUT2D eigenvalue weighted by atomic mass is 10.2. The van der Waals surface area contributed by atoms with E-state index in [1.807, 2.05) is 43.8 Å². The Morgan fingerprint density at radius 3 is 2.76 bits per heavy atom. The standard InChI is InChI=1S/C12H15N5/c1-9-11(10(2)17(3)16-9)8-14-15-12-6-4-5-7-13-12/h4-8H,1-3H3,(H,13,15)/b14-8-. The molecule has 0 atom stereocenters. The second kappa shape index (κ2) is 4.78. The largest absolute Gasteiger partial charge is 0.272 e. The van der Waals surface area contributed by atoms with Crippen LogP contribution in [0.15, 0.2) is 29.5 Å². The van der Waals surface area contributed by atoms with Crippen molar-refractivity contribution >= 4 is 12.0 Å². The van der Waals surface area contributed by atoms with Crippen LogP contribution >= 0.6 is 0 Å². The minimum Gasteiger partial charge on any atom is -0.272 e. The van der Waals surface area contributed by atoms with Crippen LogP contribution in [0.2, 0.25) is 0 Å². The molecule has 0 saturated heterocycles. The van der Waals surface area contributed by atoms with E-state index in [2.05, 4.69) is 20.6 Å². The fourth-order valence-corrected chi connectivity index (χ4v) is 1.57. The fraction of sp³-hybridized carbons (Fsp3) is 0.250. The molecule has 0 unspecified atom stereocenters. The van der Waals surface area contributed by atoms with Crippen molar-refractivity contribution in [3.63, 3.8) is 0 Å². The number of hydrogen-bond donors (Lipinski definition) is 1. The number of anilines is 1. The predicted octanol–water partition coefficient (Wildman–Crippen LogP) is 1.88. The Kier molecular flexibility index (Phi) is 3.18. The number of hydrazone groups is 1. The lowest BCUT2D eigenvalue weighted by molar-refractivity contribution is 0.731. The van der Waals surface area contributed by atoms with Crippen LogP contribution in [0.5, 0.6) is 0 Å². The third-order valence-electron chi connectivity index (χ3n) is 2.60. The van der Waals surface area contributed by atoms with Crippen molar-refractivity contribution in [1.29, 1.82) is 0 Å². The highest BCUT2D eigenvalue weighted by atomic mass is 15.3. The Bertz CT molecular complexity index is 527. The second-order valence-corrected chi connectivity index (χ2v) is 3.79. The van der Waals surface area contributed by atoms with Crippen molar-refractivity contribution < 1.29 is 0 Å². The molecule has 0 fully saturated rings. The summed E-state index contributed by atoms with van der Waals surface area (Å²) in [5.41, 5.74) is 5.98. The van der Waals surface area contributed by atoms with E-state index < -0.39 is 0 Å². The van der Waals surface area contributed by atoms with Gasteiger partial charge >= 0.3 is 0 Å². The van der Waals surface area contributed by atoms with Gasteiger partial charge in [-0.05, 0) is 26.0 Å². The first-order valence-electron chi connectivity index (χ1n) is 5.39. The predicted molar refractivity (Wildman–Crippen MR) is 68.1 cm³/mol. The van der Waals surface area contributed by atoms with E-state index in [9.17, 15) is 0 Å². The van der Waals surface area contributed by atoms with Gasteiger partial charge in [-0.2, -0.15) is 10.2 Å². The minimum absolute atomic E-state index is 0.725. The molecule has 0 radical (unpaired) electrons. The van der Waals surface area contributed by atoms with Crippen LogP contribution in [0.3, 0.4) is 0 Å². The molecule has 0 aliphatic rings. The lowest BCUT2D eigenvalue weighted by Crippen LogP contribution is -1.95. The van der Waals surface area contributed by atoms with Crippen molar-refractivity contribution in [3.05, 3.63) is 41.3 Å². The number of pyridine rings is 1. The van der Waals surface area contributed by atoms with Crippen molar-refractivity contribution in [2.75, 3.05) is 5.43 Å². The van der Waals surface area contributed by atoms with Gasteiger partial charge in [0.15, 0.2) is 0 Å². The molecule has 2 heterocycles. The van der Waals surface area contributed by atoms with Crippen LogP contribution in [0.25, 0.3) is 0 Å². The van der Waals surface area contributed by atoms with E-state index in [1.54, 1.807) is 12.4 Å². The zero-order valence-corrected chi connectivity index (χ0v) is 10.2. The summed E-state index contributed by atoms with van der Waals surface area (Å²) in [5.74, 6) is 0.725. The van der Waals surface area contributed by atoms with Gasteiger partial charge in [-0.25, -0.2) is 4.98 Å². The summed E-state index contributed by atoms with van der Waals surface area (Å²) in [7, 11) is 1.92. The van der Waals surface area contributed by atoms with E-state index in [-0.39, 0.29) is 0 Å². The van der Waals surface area contributed by atoms with Crippen LogP contribution in [-0.2, 0) is 7.05 Å². The summed E-state index contributed by atoms with van der Waals surface area (Å²) in [6, 6.07) is 5.63. The van der Waals surface area contributed by atoms with Gasteiger partial charge in [0.25, 0.3) is 0 Å². The second-order valence-electron chi connectivity index (χ2n) is 3.79. The molecule has 2 aromatic rings. The molecule has 0 spiro atoms. The summed E-state index contributed by atoms with van der Waals surface area (Å²) >= 11 is 0. The first kappa shape index (κ1) is 11.3. The average molecular weight is 229 g/mol. The maximum atomic E-state index is 4.32. The molecule has 88 valence electrons. The molecular formula is C12H15N5. The highest BCUT2D eigenvalue weighted by molar-refractivity contribution is 5.83. The topological polar surface area (TPSA) is 55.1 Å². The molecule has 2 rings (SSSR count). The molecule has 5 heteroatoms. The quantitative estimate of drug-likeness (QED) is 0.645. The van der Waals surface area contributed by atoms with E-state index in [0.717, 1.165) is 22.8 Å². The maximum absolute atomic E-state index is 4.32. The van der Waals surface area contributed by atoms with E-state index in [1.165, 1.54) is 0 Å². The molecule has 5 nitrogen and oxygen atoms in total. The number of aromatic nitrogens is 3. The Balaban J connectivity index is 2.11. The van der Waals surface area contributed by atoms with Gasteiger partial charge < -0.3 is 0 Å². The third kappa shape index (κ3) is 2.50. The SMILES string of the molecule is Cc1nn(C)c(C)c1/C=N\Nc1ccccn1. The summed E-state index contributed by atoms with van der Waals surface area (Å²) in [6.45, 7) is 3.98. The Morgan fingerprint density at radius 2 is 2.18 bits per heavy atom. The van der Waals surface area contributed by atoms with Gasteiger partial charge in [-0.1, -0.05) is 6.07 Å². The Hall–Kier alpha value is -2.17. The summed E-state index contributed by atoms with van der Waals surface area (Å²) in [5, 5.41) is 8.47. The van der Waals surface area contributed by atoms with Crippen LogP contribution < -0.4 is 5.43 Å². The van der Waals surface area contributed by atoms with E-state index in [0.29, 0.717) is 0 Å². The fourth-order valence-electron chi connectivity index (χ4n) is 1.57. The average Bonchev–Trinajstić information content (AvgIpc) is 2.57. The zero-order valence-electron chi connectivity index (χ0n) is 10.2. The molecular weight excluding hydrogens is 214 g/mol. The minimum atomic E-state index is 0.725.